The second kappa shape index (κ2) is 6.56. The number of carbonyl (C=O) groups is 2. The highest BCUT2D eigenvalue weighted by molar-refractivity contribution is 5.93. The van der Waals surface area contributed by atoms with Crippen molar-refractivity contribution in [1.29, 1.82) is 0 Å². The highest BCUT2D eigenvalue weighted by Gasteiger charge is 2.06. The predicted octanol–water partition coefficient (Wildman–Crippen LogP) is 2.57. The zero-order valence-electron chi connectivity index (χ0n) is 11.5. The van der Waals surface area contributed by atoms with Gasteiger partial charge in [-0.25, -0.2) is 4.79 Å². The number of hydrogen-bond acceptors (Lipinski definition) is 3. The second-order valence-corrected chi connectivity index (χ2v) is 4.46. The molecule has 1 amide bonds. The highest BCUT2D eigenvalue weighted by atomic mass is 16.5. The molecule has 0 aliphatic carbocycles. The summed E-state index contributed by atoms with van der Waals surface area (Å²) in [5.74, 6) is -0.471. The number of carboxylic acid groups (broad SMARTS) is 1. The van der Waals surface area contributed by atoms with Crippen molar-refractivity contribution < 1.29 is 19.4 Å². The largest absolute Gasteiger partial charge is 0.497 e. The van der Waals surface area contributed by atoms with E-state index in [4.69, 9.17) is 9.84 Å². The maximum absolute atomic E-state index is 11.9. The van der Waals surface area contributed by atoms with E-state index in [9.17, 15) is 9.59 Å². The molecule has 0 heterocycles. The summed E-state index contributed by atoms with van der Waals surface area (Å²) in [6.07, 6.45) is 0.220. The van der Waals surface area contributed by atoms with Crippen LogP contribution >= 0.6 is 0 Å². The van der Waals surface area contributed by atoms with Crippen LogP contribution in [0.2, 0.25) is 0 Å². The third kappa shape index (κ3) is 4.07. The summed E-state index contributed by atoms with van der Waals surface area (Å²) in [6, 6.07) is 13.3. The first kappa shape index (κ1) is 14.6. The fourth-order valence-corrected chi connectivity index (χ4v) is 1.87. The van der Waals surface area contributed by atoms with Gasteiger partial charge in [0.25, 0.3) is 0 Å². The lowest BCUT2D eigenvalue weighted by atomic mass is 10.1. The molecule has 5 heteroatoms. The summed E-state index contributed by atoms with van der Waals surface area (Å²) < 4.78 is 5.10. The molecule has 0 unspecified atom stereocenters. The third-order valence-electron chi connectivity index (χ3n) is 2.91. The predicted molar refractivity (Wildman–Crippen MR) is 78.7 cm³/mol. The number of carboxylic acids is 1. The van der Waals surface area contributed by atoms with Crippen molar-refractivity contribution in [2.24, 2.45) is 0 Å². The maximum atomic E-state index is 11.9. The Morgan fingerprint density at radius 1 is 1.14 bits per heavy atom. The van der Waals surface area contributed by atoms with Crippen LogP contribution in [0.3, 0.4) is 0 Å². The van der Waals surface area contributed by atoms with E-state index >= 15 is 0 Å². The average molecular weight is 285 g/mol. The van der Waals surface area contributed by atoms with Gasteiger partial charge in [0.05, 0.1) is 19.1 Å². The molecule has 0 saturated carbocycles. The van der Waals surface area contributed by atoms with Gasteiger partial charge in [-0.05, 0) is 42.0 Å². The molecule has 0 radical (unpaired) electrons. The number of carbonyl (C=O) groups excluding carboxylic acids is 1. The molecule has 0 aromatic heterocycles. The van der Waals surface area contributed by atoms with Crippen molar-refractivity contribution in [3.8, 4) is 5.75 Å². The Kier molecular flexibility index (Phi) is 4.56. The van der Waals surface area contributed by atoms with Crippen LogP contribution in [0.25, 0.3) is 0 Å². The second-order valence-electron chi connectivity index (χ2n) is 4.46. The molecule has 0 aliphatic rings. The van der Waals surface area contributed by atoms with E-state index in [0.717, 1.165) is 5.56 Å². The van der Waals surface area contributed by atoms with Gasteiger partial charge in [-0.15, -0.1) is 0 Å². The summed E-state index contributed by atoms with van der Waals surface area (Å²) in [6.45, 7) is 0. The zero-order valence-corrected chi connectivity index (χ0v) is 11.5. The molecular weight excluding hydrogens is 270 g/mol. The van der Waals surface area contributed by atoms with Crippen molar-refractivity contribution in [1.82, 2.24) is 0 Å². The van der Waals surface area contributed by atoms with E-state index in [1.165, 1.54) is 12.1 Å². The maximum Gasteiger partial charge on any atom is 0.335 e. The van der Waals surface area contributed by atoms with Gasteiger partial charge in [-0.3, -0.25) is 4.79 Å². The molecule has 2 rings (SSSR count). The number of aromatic carboxylic acids is 1. The van der Waals surface area contributed by atoms with Crippen LogP contribution in [0.4, 0.5) is 5.69 Å². The summed E-state index contributed by atoms with van der Waals surface area (Å²) in [5.41, 5.74) is 1.59. The molecule has 2 aromatic carbocycles. The van der Waals surface area contributed by atoms with Crippen molar-refractivity contribution in [2.75, 3.05) is 12.4 Å². The zero-order chi connectivity index (χ0) is 15.2. The van der Waals surface area contributed by atoms with Crippen molar-refractivity contribution in [3.05, 3.63) is 59.7 Å². The Hall–Kier alpha value is -2.82. The van der Waals surface area contributed by atoms with Gasteiger partial charge in [0.1, 0.15) is 5.75 Å². The Morgan fingerprint density at radius 3 is 2.48 bits per heavy atom. The van der Waals surface area contributed by atoms with Crippen molar-refractivity contribution >= 4 is 17.6 Å². The number of amides is 1. The van der Waals surface area contributed by atoms with E-state index in [2.05, 4.69) is 5.32 Å². The first-order valence-electron chi connectivity index (χ1n) is 6.34. The lowest BCUT2D eigenvalue weighted by Gasteiger charge is -2.07. The van der Waals surface area contributed by atoms with Crippen LogP contribution in [0.1, 0.15) is 15.9 Å². The molecule has 2 aromatic rings. The number of nitrogens with one attached hydrogen (secondary N) is 1. The monoisotopic (exact) mass is 285 g/mol. The number of anilines is 1. The lowest BCUT2D eigenvalue weighted by molar-refractivity contribution is -0.115. The molecule has 108 valence electrons. The van der Waals surface area contributed by atoms with Crippen LogP contribution in [0.15, 0.2) is 48.5 Å². The number of hydrogen-bond donors (Lipinski definition) is 2. The van der Waals surface area contributed by atoms with E-state index in [1.807, 2.05) is 18.2 Å². The fraction of sp³-hybridized carbons (Fsp3) is 0.125. The van der Waals surface area contributed by atoms with E-state index in [-0.39, 0.29) is 17.9 Å². The fourth-order valence-electron chi connectivity index (χ4n) is 1.87. The summed E-state index contributed by atoms with van der Waals surface area (Å²) in [7, 11) is 1.57. The van der Waals surface area contributed by atoms with Crippen LogP contribution in [-0.4, -0.2) is 24.1 Å². The topological polar surface area (TPSA) is 75.6 Å². The average Bonchev–Trinajstić information content (AvgIpc) is 2.47. The van der Waals surface area contributed by atoms with Gasteiger partial charge < -0.3 is 15.2 Å². The lowest BCUT2D eigenvalue weighted by Crippen LogP contribution is -2.14. The van der Waals surface area contributed by atoms with Gasteiger partial charge in [0, 0.05) is 5.69 Å². The Bertz CT molecular complexity index is 650. The Balaban J connectivity index is 1.99. The van der Waals surface area contributed by atoms with Crippen LogP contribution in [0, 0.1) is 0 Å². The Labute approximate surface area is 122 Å². The molecule has 0 atom stereocenters. The minimum Gasteiger partial charge on any atom is -0.497 e. The summed E-state index contributed by atoms with van der Waals surface area (Å²) in [5, 5.41) is 11.5. The van der Waals surface area contributed by atoms with Gasteiger partial charge in [0.15, 0.2) is 0 Å². The molecular formula is C16H15NO4. The summed E-state index contributed by atoms with van der Waals surface area (Å²) >= 11 is 0. The van der Waals surface area contributed by atoms with Crippen molar-refractivity contribution in [2.45, 2.75) is 6.42 Å². The van der Waals surface area contributed by atoms with Gasteiger partial charge in [0.2, 0.25) is 5.91 Å². The van der Waals surface area contributed by atoms with E-state index in [0.29, 0.717) is 11.4 Å². The number of ether oxygens (including phenoxy) is 1. The number of methoxy groups -OCH3 is 1. The Morgan fingerprint density at radius 2 is 1.86 bits per heavy atom. The molecule has 21 heavy (non-hydrogen) atoms. The number of rotatable bonds is 5. The van der Waals surface area contributed by atoms with E-state index in [1.54, 1.807) is 25.3 Å². The van der Waals surface area contributed by atoms with Crippen molar-refractivity contribution in [3.63, 3.8) is 0 Å². The molecule has 0 bridgehead atoms. The van der Waals surface area contributed by atoms with Gasteiger partial charge in [-0.2, -0.15) is 0 Å². The normalized spacial score (nSPS) is 9.95. The quantitative estimate of drug-likeness (QED) is 0.885. The summed E-state index contributed by atoms with van der Waals surface area (Å²) in [4.78, 5) is 22.7. The molecule has 2 N–H and O–H groups in total. The number of benzene rings is 2. The van der Waals surface area contributed by atoms with Gasteiger partial charge in [-0.1, -0.05) is 12.1 Å². The van der Waals surface area contributed by atoms with Crippen LogP contribution in [0.5, 0.6) is 5.75 Å². The minimum absolute atomic E-state index is 0.175. The van der Waals surface area contributed by atoms with Crippen LogP contribution < -0.4 is 10.1 Å². The third-order valence-corrected chi connectivity index (χ3v) is 2.91. The molecule has 5 nitrogen and oxygen atoms in total. The minimum atomic E-state index is -0.996. The van der Waals surface area contributed by atoms with E-state index < -0.39 is 5.97 Å². The molecule has 0 aliphatic heterocycles. The first-order chi connectivity index (χ1) is 10.1. The van der Waals surface area contributed by atoms with Gasteiger partial charge >= 0.3 is 5.97 Å². The molecule has 0 fully saturated rings. The molecule has 0 saturated heterocycles. The SMILES string of the molecule is COc1cccc(CC(=O)Nc2ccc(C(=O)O)cc2)c1. The standard InChI is InChI=1S/C16H15NO4/c1-21-14-4-2-3-11(9-14)10-15(18)17-13-7-5-12(6-8-13)16(19)20/h2-9H,10H2,1H3,(H,17,18)(H,19,20). The highest BCUT2D eigenvalue weighted by Crippen LogP contribution is 2.14. The smallest absolute Gasteiger partial charge is 0.335 e. The van der Waals surface area contributed by atoms with Crippen LogP contribution in [-0.2, 0) is 11.2 Å². The first-order valence-corrected chi connectivity index (χ1v) is 6.34. The molecule has 0 spiro atoms.